The van der Waals surface area contributed by atoms with E-state index in [2.05, 4.69) is 21.2 Å². The van der Waals surface area contributed by atoms with Gasteiger partial charge >= 0.3 is 0 Å². The van der Waals surface area contributed by atoms with Crippen molar-refractivity contribution in [1.29, 1.82) is 0 Å². The molecule has 1 N–H and O–H groups in total. The number of nitro groups is 1. The second-order valence-electron chi connectivity index (χ2n) is 2.27. The average molecular weight is 265 g/mol. The monoisotopic (exact) mass is 264 g/mol. The number of anilines is 1. The highest BCUT2D eigenvalue weighted by Crippen LogP contribution is 2.36. The van der Waals surface area contributed by atoms with Crippen molar-refractivity contribution in [3.8, 4) is 0 Å². The summed E-state index contributed by atoms with van der Waals surface area (Å²) >= 11 is 8.90. The van der Waals surface area contributed by atoms with E-state index in [-0.39, 0.29) is 10.7 Å². The first kappa shape index (κ1) is 10.3. The maximum absolute atomic E-state index is 10.5. The van der Waals surface area contributed by atoms with Crippen LogP contribution in [-0.4, -0.2) is 12.0 Å². The number of nitrogens with one attached hydrogen (secondary N) is 1. The van der Waals surface area contributed by atoms with Crippen LogP contribution in [0.15, 0.2) is 16.6 Å². The van der Waals surface area contributed by atoms with Gasteiger partial charge < -0.3 is 5.32 Å². The van der Waals surface area contributed by atoms with Crippen molar-refractivity contribution >= 4 is 38.9 Å². The first-order valence-corrected chi connectivity index (χ1v) is 4.55. The largest absolute Gasteiger partial charge is 0.387 e. The summed E-state index contributed by atoms with van der Waals surface area (Å²) in [5.74, 6) is 0. The van der Waals surface area contributed by atoms with Crippen molar-refractivity contribution in [3.05, 3.63) is 31.7 Å². The van der Waals surface area contributed by atoms with Gasteiger partial charge in [0, 0.05) is 13.1 Å². The maximum Gasteiger partial charge on any atom is 0.289 e. The highest BCUT2D eigenvalue weighted by molar-refractivity contribution is 9.10. The summed E-state index contributed by atoms with van der Waals surface area (Å²) in [5.41, 5.74) is 0.614. The lowest BCUT2D eigenvalue weighted by molar-refractivity contribution is -0.384. The van der Waals surface area contributed by atoms with E-state index in [0.717, 1.165) is 5.69 Å². The molecule has 1 rings (SSSR count). The topological polar surface area (TPSA) is 55.2 Å². The van der Waals surface area contributed by atoms with E-state index in [1.54, 1.807) is 13.1 Å². The van der Waals surface area contributed by atoms with Crippen molar-refractivity contribution in [2.75, 3.05) is 12.4 Å². The van der Waals surface area contributed by atoms with Crippen LogP contribution in [0.5, 0.6) is 0 Å². The summed E-state index contributed by atoms with van der Waals surface area (Å²) in [4.78, 5) is 9.93. The molecule has 0 aliphatic rings. The van der Waals surface area contributed by atoms with Gasteiger partial charge in [0.05, 0.1) is 15.1 Å². The number of hydrogen-bond donors (Lipinski definition) is 1. The van der Waals surface area contributed by atoms with Gasteiger partial charge in [-0.2, -0.15) is 0 Å². The molecule has 0 fully saturated rings. The van der Waals surface area contributed by atoms with Crippen molar-refractivity contribution in [1.82, 2.24) is 0 Å². The fourth-order valence-corrected chi connectivity index (χ4v) is 1.64. The van der Waals surface area contributed by atoms with Crippen LogP contribution in [0.1, 0.15) is 0 Å². The Kier molecular flexibility index (Phi) is 3.11. The third-order valence-corrected chi connectivity index (χ3v) is 2.96. The third kappa shape index (κ3) is 1.92. The molecule has 13 heavy (non-hydrogen) atoms. The maximum atomic E-state index is 10.5. The molecule has 0 amide bonds. The van der Waals surface area contributed by atoms with E-state index >= 15 is 0 Å². The van der Waals surface area contributed by atoms with Crippen LogP contribution in [0.4, 0.5) is 11.4 Å². The first-order chi connectivity index (χ1) is 6.07. The van der Waals surface area contributed by atoms with E-state index in [9.17, 15) is 10.1 Å². The molecule has 70 valence electrons. The predicted molar refractivity (Wildman–Crippen MR) is 55.4 cm³/mol. The number of rotatable bonds is 2. The van der Waals surface area contributed by atoms with E-state index in [1.807, 2.05) is 0 Å². The molecule has 1 aromatic rings. The number of nitrogens with zero attached hydrogens (tertiary/aromatic N) is 1. The van der Waals surface area contributed by atoms with E-state index in [1.165, 1.54) is 6.07 Å². The second-order valence-corrected chi connectivity index (χ2v) is 3.44. The minimum atomic E-state index is -0.521. The molecule has 1 aromatic carbocycles. The Morgan fingerprint density at radius 1 is 1.62 bits per heavy atom. The van der Waals surface area contributed by atoms with Crippen LogP contribution < -0.4 is 5.32 Å². The lowest BCUT2D eigenvalue weighted by Gasteiger charge is -2.04. The molecule has 0 bridgehead atoms. The van der Waals surface area contributed by atoms with Gasteiger partial charge in [0.25, 0.3) is 5.69 Å². The van der Waals surface area contributed by atoms with E-state index in [4.69, 9.17) is 11.6 Å². The zero-order chi connectivity index (χ0) is 10.0. The molecule has 0 saturated carbocycles. The zero-order valence-corrected chi connectivity index (χ0v) is 9.02. The Hall–Kier alpha value is -0.810. The highest BCUT2D eigenvalue weighted by atomic mass is 79.9. The molecule has 6 heteroatoms. The molecule has 0 aliphatic carbocycles. The minimum Gasteiger partial charge on any atom is -0.387 e. The second kappa shape index (κ2) is 3.93. The Labute approximate surface area is 88.2 Å². The van der Waals surface area contributed by atoms with Crippen molar-refractivity contribution in [3.63, 3.8) is 0 Å². The van der Waals surface area contributed by atoms with E-state index in [0.29, 0.717) is 4.47 Å². The van der Waals surface area contributed by atoms with Gasteiger partial charge in [-0.25, -0.2) is 0 Å². The molecule has 0 aliphatic heterocycles. The molecule has 0 radical (unpaired) electrons. The van der Waals surface area contributed by atoms with Gasteiger partial charge in [0.15, 0.2) is 0 Å². The molecule has 4 nitrogen and oxygen atoms in total. The molecule has 0 atom stereocenters. The fraction of sp³-hybridized carbons (Fsp3) is 0.143. The first-order valence-electron chi connectivity index (χ1n) is 3.38. The van der Waals surface area contributed by atoms with Crippen LogP contribution in [0, 0.1) is 10.1 Å². The summed E-state index contributed by atoms with van der Waals surface area (Å²) in [6.45, 7) is 0. The molecule has 0 unspecified atom stereocenters. The summed E-state index contributed by atoms with van der Waals surface area (Å²) < 4.78 is 0.505. The number of hydrogen-bond acceptors (Lipinski definition) is 3. The van der Waals surface area contributed by atoms with Crippen molar-refractivity contribution in [2.24, 2.45) is 0 Å². The summed E-state index contributed by atoms with van der Waals surface area (Å²) in [5, 5.41) is 13.4. The molecule has 0 heterocycles. The SMILES string of the molecule is CNc1ccc([N+](=O)[O-])c(Cl)c1Br. The Balaban J connectivity index is 3.31. The van der Waals surface area contributed by atoms with Crippen LogP contribution in [-0.2, 0) is 0 Å². The molecular formula is C7H6BrClN2O2. The van der Waals surface area contributed by atoms with Crippen LogP contribution in [0.25, 0.3) is 0 Å². The molecule has 0 saturated heterocycles. The van der Waals surface area contributed by atoms with Gasteiger partial charge in [-0.05, 0) is 22.0 Å². The van der Waals surface area contributed by atoms with Gasteiger partial charge in [-0.3, -0.25) is 10.1 Å². The Bertz CT molecular complexity index is 357. The lowest BCUT2D eigenvalue weighted by atomic mass is 10.3. The van der Waals surface area contributed by atoms with Crippen LogP contribution >= 0.6 is 27.5 Å². The smallest absolute Gasteiger partial charge is 0.289 e. The summed E-state index contributed by atoms with van der Waals surface area (Å²) in [6, 6.07) is 2.95. The van der Waals surface area contributed by atoms with Gasteiger partial charge in [0.1, 0.15) is 5.02 Å². The number of halogens is 2. The van der Waals surface area contributed by atoms with Crippen molar-refractivity contribution < 1.29 is 4.92 Å². The molecular weight excluding hydrogens is 259 g/mol. The number of benzene rings is 1. The minimum absolute atomic E-state index is 0.104. The fourth-order valence-electron chi connectivity index (χ4n) is 0.873. The molecule has 0 spiro atoms. The Morgan fingerprint density at radius 3 is 2.69 bits per heavy atom. The van der Waals surface area contributed by atoms with Gasteiger partial charge in [-0.1, -0.05) is 11.6 Å². The third-order valence-electron chi connectivity index (χ3n) is 1.53. The van der Waals surface area contributed by atoms with E-state index < -0.39 is 4.92 Å². The molecule has 0 aromatic heterocycles. The zero-order valence-electron chi connectivity index (χ0n) is 6.67. The highest BCUT2D eigenvalue weighted by Gasteiger charge is 2.16. The van der Waals surface area contributed by atoms with Gasteiger partial charge in [-0.15, -0.1) is 0 Å². The van der Waals surface area contributed by atoms with Crippen LogP contribution in [0.3, 0.4) is 0 Å². The average Bonchev–Trinajstić information content (AvgIpc) is 2.09. The summed E-state index contributed by atoms with van der Waals surface area (Å²) in [7, 11) is 1.71. The van der Waals surface area contributed by atoms with Gasteiger partial charge in [0.2, 0.25) is 0 Å². The lowest BCUT2D eigenvalue weighted by Crippen LogP contribution is -1.94. The van der Waals surface area contributed by atoms with Crippen molar-refractivity contribution in [2.45, 2.75) is 0 Å². The summed E-state index contributed by atoms with van der Waals surface area (Å²) in [6.07, 6.45) is 0. The van der Waals surface area contributed by atoms with Crippen LogP contribution in [0.2, 0.25) is 5.02 Å². The predicted octanol–water partition coefficient (Wildman–Crippen LogP) is 3.05. The quantitative estimate of drug-likeness (QED) is 0.660. The number of nitro benzene ring substituents is 1. The normalized spacial score (nSPS) is 9.77. The standard InChI is InChI=1S/C7H6BrClN2O2/c1-10-4-2-3-5(11(12)13)7(9)6(4)8/h2-3,10H,1H3. The Morgan fingerprint density at radius 2 is 2.23 bits per heavy atom.